The Bertz CT molecular complexity index is 833. The summed E-state index contributed by atoms with van der Waals surface area (Å²) in [5.41, 5.74) is 2.34. The van der Waals surface area contributed by atoms with Crippen LogP contribution < -0.4 is 0 Å². The van der Waals surface area contributed by atoms with Gasteiger partial charge in [-0.15, -0.1) is 0 Å². The number of benzene rings is 2. The van der Waals surface area contributed by atoms with Crippen molar-refractivity contribution in [2.24, 2.45) is 0 Å². The molecular formula is C17H12ClNO3S. The van der Waals surface area contributed by atoms with Gasteiger partial charge in [0.1, 0.15) is 11.4 Å². The Morgan fingerprint density at radius 3 is 2.57 bits per heavy atom. The summed E-state index contributed by atoms with van der Waals surface area (Å²) in [7, 11) is 0. The van der Waals surface area contributed by atoms with Gasteiger partial charge in [-0.1, -0.05) is 65.8 Å². The molecule has 116 valence electrons. The van der Waals surface area contributed by atoms with Gasteiger partial charge in [-0.05, 0) is 12.1 Å². The van der Waals surface area contributed by atoms with Crippen LogP contribution >= 0.6 is 23.4 Å². The van der Waals surface area contributed by atoms with E-state index in [4.69, 9.17) is 21.1 Å². The van der Waals surface area contributed by atoms with Crippen molar-refractivity contribution >= 4 is 29.3 Å². The molecule has 0 saturated carbocycles. The number of carboxylic acid groups (broad SMARTS) is 1. The molecule has 0 fully saturated rings. The molecule has 2 aromatic carbocycles. The zero-order valence-electron chi connectivity index (χ0n) is 11.9. The summed E-state index contributed by atoms with van der Waals surface area (Å²) in [4.78, 5) is 15.2. The number of hydrogen-bond acceptors (Lipinski definition) is 4. The molecule has 1 aromatic heterocycles. The fourth-order valence-corrected chi connectivity index (χ4v) is 2.84. The van der Waals surface area contributed by atoms with Crippen LogP contribution in [0.15, 0.2) is 64.2 Å². The van der Waals surface area contributed by atoms with E-state index in [0.29, 0.717) is 21.7 Å². The molecule has 4 nitrogen and oxygen atoms in total. The first kappa shape index (κ1) is 15.6. The second-order valence-corrected chi connectivity index (χ2v) is 6.08. The van der Waals surface area contributed by atoms with Gasteiger partial charge in [0.15, 0.2) is 5.76 Å². The topological polar surface area (TPSA) is 63.3 Å². The van der Waals surface area contributed by atoms with Gasteiger partial charge in [0.2, 0.25) is 0 Å². The number of hydrogen-bond donors (Lipinski definition) is 1. The quantitative estimate of drug-likeness (QED) is 0.670. The molecule has 0 amide bonds. The summed E-state index contributed by atoms with van der Waals surface area (Å²) >= 11 is 7.11. The number of aromatic nitrogens is 1. The third-order valence-corrected chi connectivity index (χ3v) is 4.11. The van der Waals surface area contributed by atoms with Gasteiger partial charge in [-0.3, -0.25) is 4.79 Å². The van der Waals surface area contributed by atoms with Crippen molar-refractivity contribution in [3.8, 4) is 22.6 Å². The van der Waals surface area contributed by atoms with Crippen LogP contribution in [0.3, 0.4) is 0 Å². The van der Waals surface area contributed by atoms with Crippen LogP contribution in [-0.4, -0.2) is 21.8 Å². The van der Waals surface area contributed by atoms with Gasteiger partial charge in [-0.25, -0.2) is 4.98 Å². The predicted octanol–water partition coefficient (Wildman–Crippen LogP) is 4.84. The number of rotatable bonds is 5. The van der Waals surface area contributed by atoms with Crippen LogP contribution in [0, 0.1) is 0 Å². The maximum atomic E-state index is 10.7. The average molecular weight is 346 g/mol. The summed E-state index contributed by atoms with van der Waals surface area (Å²) in [5.74, 6) is -0.427. The molecule has 1 heterocycles. The molecule has 0 aliphatic rings. The van der Waals surface area contributed by atoms with Crippen molar-refractivity contribution in [1.82, 2.24) is 4.98 Å². The van der Waals surface area contributed by atoms with Crippen molar-refractivity contribution in [2.45, 2.75) is 5.22 Å². The fraction of sp³-hybridized carbons (Fsp3) is 0.0588. The van der Waals surface area contributed by atoms with Crippen LogP contribution in [-0.2, 0) is 4.79 Å². The summed E-state index contributed by atoms with van der Waals surface area (Å²) in [6.45, 7) is 0. The van der Waals surface area contributed by atoms with Crippen molar-refractivity contribution in [1.29, 1.82) is 0 Å². The minimum Gasteiger partial charge on any atom is -0.481 e. The number of thioether (sulfide) groups is 1. The maximum Gasteiger partial charge on any atom is 0.314 e. The normalized spacial score (nSPS) is 10.7. The first-order valence-electron chi connectivity index (χ1n) is 6.80. The highest BCUT2D eigenvalue weighted by atomic mass is 35.5. The lowest BCUT2D eigenvalue weighted by atomic mass is 10.1. The van der Waals surface area contributed by atoms with Crippen LogP contribution in [0.2, 0.25) is 5.02 Å². The molecule has 0 aliphatic carbocycles. The van der Waals surface area contributed by atoms with E-state index in [1.54, 1.807) is 12.1 Å². The van der Waals surface area contributed by atoms with Gasteiger partial charge in [0.25, 0.3) is 5.22 Å². The lowest BCUT2D eigenvalue weighted by Crippen LogP contribution is -1.97. The number of oxazole rings is 1. The molecule has 23 heavy (non-hydrogen) atoms. The van der Waals surface area contributed by atoms with E-state index in [1.807, 2.05) is 42.5 Å². The van der Waals surface area contributed by atoms with Gasteiger partial charge in [0, 0.05) is 16.1 Å². The van der Waals surface area contributed by atoms with Gasteiger partial charge in [0.05, 0.1) is 0 Å². The molecule has 0 aliphatic heterocycles. The minimum absolute atomic E-state index is 0.107. The molecule has 0 radical (unpaired) electrons. The Labute approximate surface area is 142 Å². The molecule has 0 bridgehead atoms. The lowest BCUT2D eigenvalue weighted by molar-refractivity contribution is -0.133. The smallest absolute Gasteiger partial charge is 0.314 e. The van der Waals surface area contributed by atoms with Crippen molar-refractivity contribution in [3.63, 3.8) is 0 Å². The van der Waals surface area contributed by atoms with Gasteiger partial charge >= 0.3 is 5.97 Å². The Kier molecular flexibility index (Phi) is 4.69. The second kappa shape index (κ2) is 6.89. The highest BCUT2D eigenvalue weighted by molar-refractivity contribution is 7.99. The van der Waals surface area contributed by atoms with E-state index in [2.05, 4.69) is 4.98 Å². The summed E-state index contributed by atoms with van der Waals surface area (Å²) < 4.78 is 5.79. The monoisotopic (exact) mass is 345 g/mol. The maximum absolute atomic E-state index is 10.7. The molecular weight excluding hydrogens is 334 g/mol. The molecule has 3 rings (SSSR count). The first-order chi connectivity index (χ1) is 11.1. The Balaban J connectivity index is 2.07. The van der Waals surface area contributed by atoms with Crippen molar-refractivity contribution in [2.75, 3.05) is 5.75 Å². The van der Waals surface area contributed by atoms with E-state index in [1.165, 1.54) is 0 Å². The zero-order chi connectivity index (χ0) is 16.2. The summed E-state index contributed by atoms with van der Waals surface area (Å²) in [5, 5.41) is 9.74. The molecule has 0 atom stereocenters. The molecule has 3 aromatic rings. The Morgan fingerprint density at radius 1 is 1.13 bits per heavy atom. The number of aliphatic carboxylic acids is 1. The number of halogens is 1. The Morgan fingerprint density at radius 2 is 1.87 bits per heavy atom. The summed E-state index contributed by atoms with van der Waals surface area (Å²) in [6, 6.07) is 16.9. The highest BCUT2D eigenvalue weighted by Crippen LogP contribution is 2.36. The minimum atomic E-state index is -0.918. The van der Waals surface area contributed by atoms with E-state index < -0.39 is 5.97 Å². The number of carboxylic acids is 1. The first-order valence-corrected chi connectivity index (χ1v) is 8.16. The molecule has 6 heteroatoms. The number of carbonyl (C=O) groups is 1. The van der Waals surface area contributed by atoms with Crippen molar-refractivity contribution < 1.29 is 14.3 Å². The van der Waals surface area contributed by atoms with E-state index >= 15 is 0 Å². The van der Waals surface area contributed by atoms with Gasteiger partial charge in [-0.2, -0.15) is 0 Å². The third kappa shape index (κ3) is 3.75. The fourth-order valence-electron chi connectivity index (χ4n) is 2.10. The highest BCUT2D eigenvalue weighted by Gasteiger charge is 2.18. The zero-order valence-corrected chi connectivity index (χ0v) is 13.5. The molecule has 0 saturated heterocycles. The largest absolute Gasteiger partial charge is 0.481 e. The predicted molar refractivity (Wildman–Crippen MR) is 90.7 cm³/mol. The van der Waals surface area contributed by atoms with E-state index in [0.717, 1.165) is 22.9 Å². The van der Waals surface area contributed by atoms with E-state index in [9.17, 15) is 4.79 Å². The molecule has 0 unspecified atom stereocenters. The average Bonchev–Trinajstić information content (AvgIpc) is 2.98. The lowest BCUT2D eigenvalue weighted by Gasteiger charge is -2.01. The van der Waals surface area contributed by atoms with Crippen LogP contribution in [0.25, 0.3) is 22.6 Å². The Hall–Kier alpha value is -2.24. The number of nitrogens with zero attached hydrogens (tertiary/aromatic N) is 1. The van der Waals surface area contributed by atoms with Gasteiger partial charge < -0.3 is 9.52 Å². The standard InChI is InChI=1S/C17H12ClNO3S/c18-13-8-4-7-12(9-13)15-16(11-5-2-1-3-6-11)22-17(19-15)23-10-14(20)21/h1-9H,10H2,(H,20,21). The third-order valence-electron chi connectivity index (χ3n) is 3.06. The van der Waals surface area contributed by atoms with Crippen LogP contribution in [0.1, 0.15) is 0 Å². The molecule has 0 spiro atoms. The van der Waals surface area contributed by atoms with Crippen molar-refractivity contribution in [3.05, 3.63) is 59.6 Å². The van der Waals surface area contributed by atoms with Crippen LogP contribution in [0.5, 0.6) is 0 Å². The molecule has 1 N–H and O–H groups in total. The van der Waals surface area contributed by atoms with E-state index in [-0.39, 0.29) is 5.75 Å². The SMILES string of the molecule is O=C(O)CSc1nc(-c2cccc(Cl)c2)c(-c2ccccc2)o1. The second-order valence-electron chi connectivity index (χ2n) is 4.72. The van der Waals surface area contributed by atoms with Crippen LogP contribution in [0.4, 0.5) is 0 Å². The summed E-state index contributed by atoms with van der Waals surface area (Å²) in [6.07, 6.45) is 0.